The van der Waals surface area contributed by atoms with Crippen molar-refractivity contribution in [2.45, 2.75) is 0 Å². The van der Waals surface area contributed by atoms with E-state index in [1.165, 1.54) is 0 Å². The predicted octanol–water partition coefficient (Wildman–Crippen LogP) is -17.6. The van der Waals surface area contributed by atoms with Crippen molar-refractivity contribution in [3.8, 4) is 0 Å². The Balaban J connectivity index is 0. The number of rotatable bonds is 0. The average molecular weight is 178 g/mol. The van der Waals surface area contributed by atoms with E-state index in [1.54, 1.807) is 0 Å². The van der Waals surface area contributed by atoms with Gasteiger partial charge < -0.3 is 40.5 Å². The monoisotopic (exact) mass is 178 g/mol. The fraction of sp³-hybridized carbons (Fsp3) is 0. The maximum atomic E-state index is 0. The van der Waals surface area contributed by atoms with Crippen molar-refractivity contribution in [1.82, 2.24) is 12.3 Å². The van der Waals surface area contributed by atoms with E-state index in [4.69, 9.17) is 0 Å². The molecule has 0 aliphatic rings. The molecule has 0 spiro atoms. The second-order valence-corrected chi connectivity index (χ2v) is 0. The van der Waals surface area contributed by atoms with E-state index in [1.807, 2.05) is 0 Å². The van der Waals surface area contributed by atoms with Crippen LogP contribution in [0.1, 0.15) is 0 Å². The van der Waals surface area contributed by atoms with Gasteiger partial charge in [0.1, 0.15) is 0 Å². The molecule has 2 nitrogen and oxygen atoms in total. The fourth-order valence-corrected chi connectivity index (χ4v) is 0. The standard InChI is InChI=1S/6FH.2H3N.Si/h6*1H;2*1H3;/q;;;;;;;;+4/p-4. The molecule has 0 radical (unpaired) electrons. The van der Waals surface area contributed by atoms with Gasteiger partial charge in [-0.1, -0.05) is 0 Å². The Morgan fingerprint density at radius 1 is 0.333 bits per heavy atom. The third kappa shape index (κ3) is 3150. The summed E-state index contributed by atoms with van der Waals surface area (Å²) < 4.78 is 0. The van der Waals surface area contributed by atoms with E-state index >= 15 is 0 Å². The molecular weight excluding hydrogens is 170 g/mol. The first-order chi connectivity index (χ1) is 0. The van der Waals surface area contributed by atoms with Crippen LogP contribution < -0.4 is 40.5 Å². The summed E-state index contributed by atoms with van der Waals surface area (Å²) in [4.78, 5) is 0. The summed E-state index contributed by atoms with van der Waals surface area (Å²) in [5.41, 5.74) is 0. The fourth-order valence-electron chi connectivity index (χ4n) is 0. The summed E-state index contributed by atoms with van der Waals surface area (Å²) >= 11 is 0. The van der Waals surface area contributed by atoms with Gasteiger partial charge >= 0.3 is 11.0 Å². The molecule has 0 aromatic carbocycles. The Hall–Kier alpha value is -0.283. The van der Waals surface area contributed by atoms with Gasteiger partial charge in [0, 0.05) is 0 Å². The van der Waals surface area contributed by atoms with Gasteiger partial charge in [-0.15, -0.1) is 0 Å². The Bertz CT molecular complexity index is 11.0. The van der Waals surface area contributed by atoms with Crippen molar-refractivity contribution in [3.63, 3.8) is 0 Å². The minimum absolute atomic E-state index is 0. The van der Waals surface area contributed by atoms with Crippen LogP contribution in [-0.4, -0.2) is 11.0 Å². The molecule has 0 aliphatic carbocycles. The normalized spacial score (nSPS) is 0. The largest absolute Gasteiger partial charge is 4.00 e. The Morgan fingerprint density at radius 2 is 0.333 bits per heavy atom. The number of hydrogen-bond acceptors (Lipinski definition) is 0. The minimum atomic E-state index is 0. The molecule has 9 heavy (non-hydrogen) atoms. The summed E-state index contributed by atoms with van der Waals surface area (Å²) in [7, 11) is 0. The van der Waals surface area contributed by atoms with Gasteiger partial charge in [-0.05, 0) is 0 Å². The molecule has 0 aromatic heterocycles. The van der Waals surface area contributed by atoms with Crippen LogP contribution in [0.3, 0.4) is 0 Å². The second kappa shape index (κ2) is 4340. The van der Waals surface area contributed by atoms with E-state index in [9.17, 15) is 0 Å². The van der Waals surface area contributed by atoms with Crippen molar-refractivity contribution in [2.24, 2.45) is 0 Å². The van der Waals surface area contributed by atoms with E-state index in [-0.39, 0.29) is 51.5 Å². The van der Waals surface area contributed by atoms with Gasteiger partial charge in [0.25, 0.3) is 0 Å². The van der Waals surface area contributed by atoms with Gasteiger partial charge in [0.05, 0.1) is 0 Å². The SMILES string of the molecule is [F-].[F-].[F-].[F-].[F-].[F-].[NH4+].[NH4+].[Si+4]. The van der Waals surface area contributed by atoms with E-state index in [0.29, 0.717) is 0 Å². The van der Waals surface area contributed by atoms with Crippen molar-refractivity contribution in [3.05, 3.63) is 0 Å². The molecule has 0 aromatic rings. The molecule has 0 aliphatic heterocycles. The van der Waals surface area contributed by atoms with Crippen LogP contribution in [0.15, 0.2) is 0 Å². The van der Waals surface area contributed by atoms with Gasteiger partial charge in [-0.3, -0.25) is 0 Å². The van der Waals surface area contributed by atoms with Gasteiger partial charge in [0.2, 0.25) is 0 Å². The van der Waals surface area contributed by atoms with Crippen LogP contribution in [0.4, 0.5) is 0 Å². The van der Waals surface area contributed by atoms with Crippen molar-refractivity contribution in [2.75, 3.05) is 0 Å². The van der Waals surface area contributed by atoms with Crippen LogP contribution in [-0.2, 0) is 0 Å². The van der Waals surface area contributed by atoms with Gasteiger partial charge in [-0.2, -0.15) is 0 Å². The van der Waals surface area contributed by atoms with E-state index < -0.39 is 0 Å². The molecule has 0 saturated heterocycles. The Morgan fingerprint density at radius 3 is 0.333 bits per heavy atom. The second-order valence-electron chi connectivity index (χ2n) is 0. The molecule has 0 rings (SSSR count). The summed E-state index contributed by atoms with van der Waals surface area (Å²) in [6, 6.07) is 0. The zero-order chi connectivity index (χ0) is 0. The molecule has 0 heterocycles. The van der Waals surface area contributed by atoms with Crippen LogP contribution >= 0.6 is 0 Å². The Labute approximate surface area is 52.8 Å². The summed E-state index contributed by atoms with van der Waals surface area (Å²) in [6.45, 7) is 0. The molecule has 0 bridgehead atoms. The molecule has 0 unspecified atom stereocenters. The van der Waals surface area contributed by atoms with E-state index in [2.05, 4.69) is 0 Å². The molecule has 64 valence electrons. The smallest absolute Gasteiger partial charge is 1.00 e. The number of hydrogen-bond donors (Lipinski definition) is 2. The molecule has 0 atom stereocenters. The van der Waals surface area contributed by atoms with Crippen molar-refractivity contribution >= 4 is 11.0 Å². The summed E-state index contributed by atoms with van der Waals surface area (Å²) in [5.74, 6) is 0. The van der Waals surface area contributed by atoms with Crippen LogP contribution in [0, 0.1) is 0 Å². The third-order valence-corrected chi connectivity index (χ3v) is 0. The van der Waals surface area contributed by atoms with Crippen molar-refractivity contribution < 1.29 is 28.2 Å². The van der Waals surface area contributed by atoms with Crippen LogP contribution in [0.5, 0.6) is 0 Å². The minimum Gasteiger partial charge on any atom is -1.00 e. The Kier molecular flexibility index (Phi) is 3130000. The predicted molar refractivity (Wildman–Crippen MR) is 17.7 cm³/mol. The average Bonchev–Trinajstić information content (AvgIpc) is 0. The summed E-state index contributed by atoms with van der Waals surface area (Å²) in [5, 5.41) is 0. The number of halogens is 6. The van der Waals surface area contributed by atoms with Crippen LogP contribution in [0.25, 0.3) is 0 Å². The molecule has 8 N–H and O–H groups in total. The summed E-state index contributed by atoms with van der Waals surface area (Å²) in [6.07, 6.45) is 0. The van der Waals surface area contributed by atoms with Crippen molar-refractivity contribution in [1.29, 1.82) is 0 Å². The zero-order valence-corrected chi connectivity index (χ0v) is 5.77. The van der Waals surface area contributed by atoms with Crippen LogP contribution in [0.2, 0.25) is 0 Å². The first-order valence-electron chi connectivity index (χ1n) is 0. The molecule has 0 saturated carbocycles. The topological polar surface area (TPSA) is 73.0 Å². The first kappa shape index (κ1) is 6480. The van der Waals surface area contributed by atoms with E-state index in [0.717, 1.165) is 0 Å². The molecular formula is H8F6N2Si. The number of quaternary nitrogens is 2. The molecule has 0 amide bonds. The molecule has 9 heteroatoms. The maximum absolute atomic E-state index is 0. The molecule has 0 fully saturated rings. The first-order valence-corrected chi connectivity index (χ1v) is 0. The third-order valence-electron chi connectivity index (χ3n) is 0. The quantitative estimate of drug-likeness (QED) is 0.273. The van der Waals surface area contributed by atoms with Gasteiger partial charge in [0.15, 0.2) is 0 Å². The van der Waals surface area contributed by atoms with Gasteiger partial charge in [-0.25, -0.2) is 0 Å². The zero-order valence-electron chi connectivity index (χ0n) is 4.77. The maximum Gasteiger partial charge on any atom is 4.00 e.